The molecule has 1 saturated carbocycles. The van der Waals surface area contributed by atoms with Crippen LogP contribution >= 0.6 is 11.6 Å². The van der Waals surface area contributed by atoms with E-state index in [0.29, 0.717) is 24.0 Å². The lowest BCUT2D eigenvalue weighted by Gasteiger charge is -2.37. The number of nitrogens with zero attached hydrogens (tertiary/aromatic N) is 1. The van der Waals surface area contributed by atoms with Crippen LogP contribution in [0.15, 0.2) is 18.2 Å². The number of halogens is 1. The van der Waals surface area contributed by atoms with E-state index in [1.807, 2.05) is 19.1 Å². The van der Waals surface area contributed by atoms with Gasteiger partial charge < -0.3 is 10.4 Å². The van der Waals surface area contributed by atoms with Crippen LogP contribution in [0.25, 0.3) is 0 Å². The summed E-state index contributed by atoms with van der Waals surface area (Å²) in [5.74, 6) is -0.0280. The first-order valence-corrected chi connectivity index (χ1v) is 7.89. The molecule has 1 aliphatic rings. The summed E-state index contributed by atoms with van der Waals surface area (Å²) in [7, 11) is 0. The monoisotopic (exact) mass is 310 g/mol. The molecular weight excluding hydrogens is 288 g/mol. The number of carbonyl (C=O) groups is 1. The number of carbonyl (C=O) groups excluding carboxylic acids is 1. The molecule has 2 rings (SSSR count). The Balaban J connectivity index is 1.90. The largest absolute Gasteiger partial charge is 0.396 e. The zero-order chi connectivity index (χ0) is 15.2. The van der Waals surface area contributed by atoms with Crippen LogP contribution in [0.2, 0.25) is 5.02 Å². The molecule has 0 radical (unpaired) electrons. The van der Waals surface area contributed by atoms with Crippen molar-refractivity contribution in [2.24, 2.45) is 0 Å². The van der Waals surface area contributed by atoms with Crippen LogP contribution in [0.5, 0.6) is 0 Å². The minimum Gasteiger partial charge on any atom is -0.396 e. The maximum absolute atomic E-state index is 12.2. The summed E-state index contributed by atoms with van der Waals surface area (Å²) in [4.78, 5) is 14.3. The minimum absolute atomic E-state index is 0.0280. The van der Waals surface area contributed by atoms with Gasteiger partial charge in [0.25, 0.3) is 0 Å². The number of aliphatic hydroxyl groups excluding tert-OH is 1. The normalized spacial score (nSPS) is 15.0. The molecule has 2 N–H and O–H groups in total. The molecule has 1 aromatic rings. The van der Waals surface area contributed by atoms with Crippen molar-refractivity contribution < 1.29 is 9.90 Å². The van der Waals surface area contributed by atoms with Crippen molar-refractivity contribution in [2.45, 2.75) is 38.6 Å². The van der Waals surface area contributed by atoms with Gasteiger partial charge in [-0.3, -0.25) is 9.69 Å². The summed E-state index contributed by atoms with van der Waals surface area (Å²) < 4.78 is 0. The lowest BCUT2D eigenvalue weighted by molar-refractivity contribution is -0.118. The molecule has 0 spiro atoms. The van der Waals surface area contributed by atoms with E-state index in [0.717, 1.165) is 30.6 Å². The standard InChI is InChI=1S/C16H23ClN2O2/c1-12-6-7-13(10-15(12)17)18-16(21)11-19(8-3-9-20)14-4-2-5-14/h6-7,10,14,20H,2-5,8-9,11H2,1H3,(H,18,21). The fourth-order valence-electron chi connectivity index (χ4n) is 2.47. The van der Waals surface area contributed by atoms with Crippen LogP contribution in [0.3, 0.4) is 0 Å². The topological polar surface area (TPSA) is 52.6 Å². The van der Waals surface area contributed by atoms with Crippen molar-refractivity contribution in [2.75, 3.05) is 25.0 Å². The molecule has 1 fully saturated rings. The van der Waals surface area contributed by atoms with Gasteiger partial charge in [0.15, 0.2) is 0 Å². The second-order valence-electron chi connectivity index (χ2n) is 5.64. The van der Waals surface area contributed by atoms with E-state index in [9.17, 15) is 4.79 Å². The number of anilines is 1. The highest BCUT2D eigenvalue weighted by molar-refractivity contribution is 6.31. The Hall–Kier alpha value is -1.10. The fourth-order valence-corrected chi connectivity index (χ4v) is 2.65. The Morgan fingerprint density at radius 2 is 2.24 bits per heavy atom. The summed E-state index contributed by atoms with van der Waals surface area (Å²) in [6, 6.07) is 6.02. The zero-order valence-electron chi connectivity index (χ0n) is 12.4. The Labute approximate surface area is 131 Å². The van der Waals surface area contributed by atoms with Crippen molar-refractivity contribution in [3.8, 4) is 0 Å². The average Bonchev–Trinajstić information content (AvgIpc) is 2.38. The van der Waals surface area contributed by atoms with Crippen molar-refractivity contribution in [1.29, 1.82) is 0 Å². The van der Waals surface area contributed by atoms with E-state index >= 15 is 0 Å². The first kappa shape index (κ1) is 16.3. The maximum atomic E-state index is 12.2. The van der Waals surface area contributed by atoms with Gasteiger partial charge in [0.1, 0.15) is 0 Å². The van der Waals surface area contributed by atoms with Crippen molar-refractivity contribution in [1.82, 2.24) is 4.90 Å². The molecule has 21 heavy (non-hydrogen) atoms. The zero-order valence-corrected chi connectivity index (χ0v) is 13.2. The van der Waals surface area contributed by atoms with Crippen LogP contribution in [0, 0.1) is 6.92 Å². The van der Waals surface area contributed by atoms with E-state index < -0.39 is 0 Å². The maximum Gasteiger partial charge on any atom is 0.238 e. The predicted molar refractivity (Wildman–Crippen MR) is 85.7 cm³/mol. The Kier molecular flexibility index (Phi) is 6.03. The summed E-state index contributed by atoms with van der Waals surface area (Å²) >= 11 is 6.06. The van der Waals surface area contributed by atoms with Crippen molar-refractivity contribution >= 4 is 23.2 Å². The van der Waals surface area contributed by atoms with Crippen LogP contribution in [0.1, 0.15) is 31.2 Å². The second kappa shape index (κ2) is 7.78. The highest BCUT2D eigenvalue weighted by Gasteiger charge is 2.26. The minimum atomic E-state index is -0.0280. The molecule has 5 heteroatoms. The van der Waals surface area contributed by atoms with Gasteiger partial charge in [0.2, 0.25) is 5.91 Å². The van der Waals surface area contributed by atoms with E-state index in [1.165, 1.54) is 6.42 Å². The number of nitrogens with one attached hydrogen (secondary N) is 1. The molecule has 0 unspecified atom stereocenters. The van der Waals surface area contributed by atoms with Gasteiger partial charge in [-0.2, -0.15) is 0 Å². The highest BCUT2D eigenvalue weighted by Crippen LogP contribution is 2.25. The Morgan fingerprint density at radius 1 is 1.48 bits per heavy atom. The molecule has 0 aromatic heterocycles. The van der Waals surface area contributed by atoms with Crippen LogP contribution in [0.4, 0.5) is 5.69 Å². The molecule has 1 aromatic carbocycles. The van der Waals surface area contributed by atoms with Crippen LogP contribution < -0.4 is 5.32 Å². The highest BCUT2D eigenvalue weighted by atomic mass is 35.5. The molecule has 0 atom stereocenters. The number of hydrogen-bond acceptors (Lipinski definition) is 3. The van der Waals surface area contributed by atoms with Gasteiger partial charge in [-0.25, -0.2) is 0 Å². The average molecular weight is 311 g/mol. The van der Waals surface area contributed by atoms with Gasteiger partial charge in [-0.15, -0.1) is 0 Å². The predicted octanol–water partition coefficient (Wildman–Crippen LogP) is 2.82. The first-order valence-electron chi connectivity index (χ1n) is 7.51. The fraction of sp³-hybridized carbons (Fsp3) is 0.562. The SMILES string of the molecule is Cc1ccc(NC(=O)CN(CCCO)C2CCC2)cc1Cl. The van der Waals surface area contributed by atoms with Crippen LogP contribution in [-0.4, -0.2) is 41.7 Å². The van der Waals surface area contributed by atoms with Gasteiger partial charge >= 0.3 is 0 Å². The molecule has 0 heterocycles. The van der Waals surface area contributed by atoms with Gasteiger partial charge in [0.05, 0.1) is 6.54 Å². The third-order valence-electron chi connectivity index (χ3n) is 4.00. The third-order valence-corrected chi connectivity index (χ3v) is 4.40. The number of aliphatic hydroxyl groups is 1. The van der Waals surface area contributed by atoms with E-state index in [1.54, 1.807) is 6.07 Å². The molecule has 0 aliphatic heterocycles. The first-order chi connectivity index (χ1) is 10.1. The van der Waals surface area contributed by atoms with Gasteiger partial charge in [-0.1, -0.05) is 24.1 Å². The van der Waals surface area contributed by atoms with E-state index in [-0.39, 0.29) is 12.5 Å². The number of hydrogen-bond donors (Lipinski definition) is 2. The summed E-state index contributed by atoms with van der Waals surface area (Å²) in [5, 5.41) is 12.5. The van der Waals surface area contributed by atoms with Gasteiger partial charge in [-0.05, 0) is 43.9 Å². The Bertz CT molecular complexity index is 489. The lowest BCUT2D eigenvalue weighted by atomic mass is 9.91. The third kappa shape index (κ3) is 4.70. The summed E-state index contributed by atoms with van der Waals surface area (Å²) in [6.07, 6.45) is 4.24. The molecule has 0 saturated heterocycles. The smallest absolute Gasteiger partial charge is 0.238 e. The van der Waals surface area contributed by atoms with E-state index in [2.05, 4.69) is 10.2 Å². The Morgan fingerprint density at radius 3 is 2.81 bits per heavy atom. The quantitative estimate of drug-likeness (QED) is 0.814. The summed E-state index contributed by atoms with van der Waals surface area (Å²) in [6.45, 7) is 3.24. The molecule has 4 nitrogen and oxygen atoms in total. The van der Waals surface area contributed by atoms with Crippen molar-refractivity contribution in [3.63, 3.8) is 0 Å². The number of amides is 1. The summed E-state index contributed by atoms with van der Waals surface area (Å²) in [5.41, 5.74) is 1.72. The van der Waals surface area contributed by atoms with Gasteiger partial charge in [0, 0.05) is 29.9 Å². The number of rotatable bonds is 7. The molecule has 1 amide bonds. The van der Waals surface area contributed by atoms with E-state index in [4.69, 9.17) is 16.7 Å². The molecule has 116 valence electrons. The molecule has 1 aliphatic carbocycles. The lowest BCUT2D eigenvalue weighted by Crippen LogP contribution is -2.45. The number of aryl methyl sites for hydroxylation is 1. The van der Waals surface area contributed by atoms with Crippen LogP contribution in [-0.2, 0) is 4.79 Å². The molecule has 0 bridgehead atoms. The second-order valence-corrected chi connectivity index (χ2v) is 6.05. The van der Waals surface area contributed by atoms with Crippen molar-refractivity contribution in [3.05, 3.63) is 28.8 Å². The molecular formula is C16H23ClN2O2. The number of benzene rings is 1.